The van der Waals surface area contributed by atoms with E-state index in [0.29, 0.717) is 6.54 Å². The molecule has 0 radical (unpaired) electrons. The highest BCUT2D eigenvalue weighted by molar-refractivity contribution is 9.09. The maximum absolute atomic E-state index is 12.0. The molecule has 1 aliphatic rings. The standard InChI is InChI=1S/C14H15BrN2O2/c1-10-12(7-16)13(15)8-17(10)14(18)19-9-11-5-3-2-4-6-11/h2-6,10,12-13H,8-9H2,1H3. The molecule has 1 aliphatic heterocycles. The van der Waals surface area contributed by atoms with Gasteiger partial charge in [0.2, 0.25) is 0 Å². The maximum Gasteiger partial charge on any atom is 0.410 e. The van der Waals surface area contributed by atoms with Crippen LogP contribution in [-0.4, -0.2) is 28.4 Å². The monoisotopic (exact) mass is 322 g/mol. The minimum atomic E-state index is -0.362. The first kappa shape index (κ1) is 13.9. The van der Waals surface area contributed by atoms with Crippen molar-refractivity contribution in [3.8, 4) is 6.07 Å². The summed E-state index contributed by atoms with van der Waals surface area (Å²) in [5.74, 6) is -0.190. The molecule has 1 amide bonds. The molecule has 0 aromatic heterocycles. The van der Waals surface area contributed by atoms with Crippen LogP contribution >= 0.6 is 15.9 Å². The first-order valence-corrected chi connectivity index (χ1v) is 7.06. The molecule has 0 saturated carbocycles. The zero-order chi connectivity index (χ0) is 13.8. The van der Waals surface area contributed by atoms with Gasteiger partial charge in [0, 0.05) is 12.6 Å². The number of benzene rings is 1. The molecule has 4 nitrogen and oxygen atoms in total. The number of hydrogen-bond acceptors (Lipinski definition) is 3. The van der Waals surface area contributed by atoms with Crippen molar-refractivity contribution in [3.05, 3.63) is 35.9 Å². The second-order valence-electron chi connectivity index (χ2n) is 4.60. The second kappa shape index (κ2) is 6.07. The SMILES string of the molecule is CC1C(C#N)C(Br)CN1C(=O)OCc1ccccc1. The third-order valence-electron chi connectivity index (χ3n) is 3.36. The lowest BCUT2D eigenvalue weighted by Crippen LogP contribution is -2.36. The molecule has 0 spiro atoms. The zero-order valence-corrected chi connectivity index (χ0v) is 12.2. The Morgan fingerprint density at radius 3 is 2.79 bits per heavy atom. The van der Waals surface area contributed by atoms with Crippen LogP contribution in [0.5, 0.6) is 0 Å². The van der Waals surface area contributed by atoms with E-state index in [1.165, 1.54) is 0 Å². The van der Waals surface area contributed by atoms with Gasteiger partial charge in [-0.25, -0.2) is 4.79 Å². The molecule has 3 unspecified atom stereocenters. The molecule has 1 aromatic rings. The average Bonchev–Trinajstić information content (AvgIpc) is 2.72. The number of amides is 1. The van der Waals surface area contributed by atoms with Crippen LogP contribution in [0.2, 0.25) is 0 Å². The van der Waals surface area contributed by atoms with Crippen LogP contribution in [-0.2, 0) is 11.3 Å². The minimum Gasteiger partial charge on any atom is -0.445 e. The fraction of sp³-hybridized carbons (Fsp3) is 0.429. The minimum absolute atomic E-state index is 0.0109. The summed E-state index contributed by atoms with van der Waals surface area (Å²) < 4.78 is 5.28. The van der Waals surface area contributed by atoms with Gasteiger partial charge in [-0.05, 0) is 12.5 Å². The summed E-state index contributed by atoms with van der Waals surface area (Å²) in [5.41, 5.74) is 0.954. The van der Waals surface area contributed by atoms with Gasteiger partial charge in [-0.15, -0.1) is 0 Å². The highest BCUT2D eigenvalue weighted by Crippen LogP contribution is 2.29. The topological polar surface area (TPSA) is 53.3 Å². The van der Waals surface area contributed by atoms with Crippen LogP contribution < -0.4 is 0 Å². The molecule has 1 heterocycles. The number of rotatable bonds is 2. The van der Waals surface area contributed by atoms with E-state index in [2.05, 4.69) is 22.0 Å². The van der Waals surface area contributed by atoms with Crippen molar-refractivity contribution in [2.24, 2.45) is 5.92 Å². The summed E-state index contributed by atoms with van der Waals surface area (Å²) in [6.45, 7) is 2.64. The number of likely N-dealkylation sites (tertiary alicyclic amines) is 1. The number of carbonyl (C=O) groups excluding carboxylic acids is 1. The molecular formula is C14H15BrN2O2. The van der Waals surface area contributed by atoms with Gasteiger partial charge in [0.25, 0.3) is 0 Å². The highest BCUT2D eigenvalue weighted by Gasteiger charge is 2.41. The quantitative estimate of drug-likeness (QED) is 0.786. The van der Waals surface area contributed by atoms with Crippen LogP contribution in [0.15, 0.2) is 30.3 Å². The average molecular weight is 323 g/mol. The number of nitrogens with zero attached hydrogens (tertiary/aromatic N) is 2. The number of alkyl halides is 1. The van der Waals surface area contributed by atoms with Crippen LogP contribution in [0.3, 0.4) is 0 Å². The molecule has 0 aliphatic carbocycles. The molecule has 3 atom stereocenters. The summed E-state index contributed by atoms with van der Waals surface area (Å²) >= 11 is 3.44. The zero-order valence-electron chi connectivity index (χ0n) is 10.6. The van der Waals surface area contributed by atoms with Crippen LogP contribution in [0.1, 0.15) is 12.5 Å². The summed E-state index contributed by atoms with van der Waals surface area (Å²) in [4.78, 5) is 13.6. The predicted octanol–water partition coefficient (Wildman–Crippen LogP) is 2.93. The van der Waals surface area contributed by atoms with Gasteiger partial charge in [-0.1, -0.05) is 46.3 Å². The molecule has 2 rings (SSSR count). The Bertz CT molecular complexity index is 486. The molecule has 19 heavy (non-hydrogen) atoms. The molecule has 1 aromatic carbocycles. The van der Waals surface area contributed by atoms with E-state index in [9.17, 15) is 4.79 Å². The van der Waals surface area contributed by atoms with E-state index in [0.717, 1.165) is 5.56 Å². The Morgan fingerprint density at radius 2 is 2.21 bits per heavy atom. The number of carbonyl (C=O) groups is 1. The Balaban J connectivity index is 1.93. The van der Waals surface area contributed by atoms with Crippen molar-refractivity contribution in [3.63, 3.8) is 0 Å². The van der Waals surface area contributed by atoms with E-state index >= 15 is 0 Å². The molecule has 100 valence electrons. The van der Waals surface area contributed by atoms with Crippen molar-refractivity contribution in [1.29, 1.82) is 5.26 Å². The number of nitriles is 1. The fourth-order valence-electron chi connectivity index (χ4n) is 2.20. The molecule has 0 N–H and O–H groups in total. The first-order valence-electron chi connectivity index (χ1n) is 6.14. The summed E-state index contributed by atoms with van der Waals surface area (Å²) in [6, 6.07) is 11.6. The Morgan fingerprint density at radius 1 is 1.53 bits per heavy atom. The molecule has 1 fully saturated rings. The lowest BCUT2D eigenvalue weighted by Gasteiger charge is -2.21. The largest absolute Gasteiger partial charge is 0.445 e. The number of halogens is 1. The highest BCUT2D eigenvalue weighted by atomic mass is 79.9. The van der Waals surface area contributed by atoms with Crippen molar-refractivity contribution in [1.82, 2.24) is 4.90 Å². The van der Waals surface area contributed by atoms with Gasteiger partial charge >= 0.3 is 6.09 Å². The van der Waals surface area contributed by atoms with Gasteiger partial charge in [0.15, 0.2) is 0 Å². The normalized spacial score (nSPS) is 25.9. The van der Waals surface area contributed by atoms with E-state index in [1.807, 2.05) is 37.3 Å². The van der Waals surface area contributed by atoms with E-state index in [4.69, 9.17) is 10.00 Å². The van der Waals surface area contributed by atoms with Crippen molar-refractivity contribution >= 4 is 22.0 Å². The summed E-state index contributed by atoms with van der Waals surface area (Å²) in [7, 11) is 0. The van der Waals surface area contributed by atoms with Crippen molar-refractivity contribution < 1.29 is 9.53 Å². The van der Waals surface area contributed by atoms with E-state index in [1.54, 1.807) is 4.90 Å². The fourth-order valence-corrected chi connectivity index (χ4v) is 3.07. The van der Waals surface area contributed by atoms with Crippen molar-refractivity contribution in [2.45, 2.75) is 24.4 Å². The summed E-state index contributed by atoms with van der Waals surface area (Å²) in [6.07, 6.45) is -0.362. The van der Waals surface area contributed by atoms with Crippen LogP contribution in [0, 0.1) is 17.2 Å². The van der Waals surface area contributed by atoms with E-state index in [-0.39, 0.29) is 29.5 Å². The molecular weight excluding hydrogens is 308 g/mol. The second-order valence-corrected chi connectivity index (χ2v) is 5.78. The summed E-state index contributed by atoms with van der Waals surface area (Å²) in [5, 5.41) is 9.06. The third-order valence-corrected chi connectivity index (χ3v) is 4.22. The maximum atomic E-state index is 12.0. The molecule has 1 saturated heterocycles. The van der Waals surface area contributed by atoms with E-state index < -0.39 is 0 Å². The van der Waals surface area contributed by atoms with Gasteiger partial charge in [-0.2, -0.15) is 5.26 Å². The number of hydrogen-bond donors (Lipinski definition) is 0. The van der Waals surface area contributed by atoms with Gasteiger partial charge in [0.1, 0.15) is 6.61 Å². The van der Waals surface area contributed by atoms with Crippen molar-refractivity contribution in [2.75, 3.05) is 6.54 Å². The lowest BCUT2D eigenvalue weighted by atomic mass is 10.0. The van der Waals surface area contributed by atoms with Gasteiger partial charge in [0.05, 0.1) is 16.8 Å². The van der Waals surface area contributed by atoms with Crippen LogP contribution in [0.4, 0.5) is 4.79 Å². The third kappa shape index (κ3) is 3.07. The lowest BCUT2D eigenvalue weighted by molar-refractivity contribution is 0.0928. The Kier molecular flexibility index (Phi) is 4.43. The molecule has 5 heteroatoms. The Hall–Kier alpha value is -1.54. The van der Waals surface area contributed by atoms with Crippen LogP contribution in [0.25, 0.3) is 0 Å². The molecule has 0 bridgehead atoms. The first-order chi connectivity index (χ1) is 9.13. The predicted molar refractivity (Wildman–Crippen MR) is 74.6 cm³/mol. The van der Waals surface area contributed by atoms with Gasteiger partial charge < -0.3 is 9.64 Å². The Labute approximate surface area is 121 Å². The smallest absolute Gasteiger partial charge is 0.410 e. The number of ether oxygens (including phenoxy) is 1. The van der Waals surface area contributed by atoms with Gasteiger partial charge in [-0.3, -0.25) is 0 Å².